The molecule has 0 saturated heterocycles. The first-order valence-electron chi connectivity index (χ1n) is 7.89. The topological polar surface area (TPSA) is 21.3 Å². The largest absolute Gasteiger partial charge is 0.501 e. The van der Waals surface area contributed by atoms with Gasteiger partial charge in [0.2, 0.25) is 0 Å². The molecule has 2 heteroatoms. The van der Waals surface area contributed by atoms with Gasteiger partial charge in [-0.05, 0) is 47.7 Å². The maximum absolute atomic E-state index is 5.53. The van der Waals surface area contributed by atoms with Crippen LogP contribution in [0.15, 0.2) is 54.3 Å². The molecule has 1 atom stereocenters. The zero-order valence-corrected chi connectivity index (χ0v) is 12.6. The van der Waals surface area contributed by atoms with Crippen LogP contribution >= 0.6 is 0 Å². The summed E-state index contributed by atoms with van der Waals surface area (Å²) in [4.78, 5) is 0. The van der Waals surface area contributed by atoms with E-state index in [4.69, 9.17) is 4.74 Å². The standard InChI is InChI=1S/C19H23NO/c1-2-20-19(17-10-6-12-21-14-17)13-16-9-5-8-15-7-3-4-11-18(15)16/h3-5,7-9,11,14,19-20H,2,6,10,12-13H2,1H3. The first-order chi connectivity index (χ1) is 10.4. The van der Waals surface area contributed by atoms with Crippen molar-refractivity contribution in [1.29, 1.82) is 0 Å². The molecule has 110 valence electrons. The predicted molar refractivity (Wildman–Crippen MR) is 88.4 cm³/mol. The molecule has 0 fully saturated rings. The Morgan fingerprint density at radius 3 is 2.81 bits per heavy atom. The number of nitrogens with one attached hydrogen (secondary N) is 1. The monoisotopic (exact) mass is 281 g/mol. The lowest BCUT2D eigenvalue weighted by atomic mass is 9.93. The van der Waals surface area contributed by atoms with Gasteiger partial charge < -0.3 is 10.1 Å². The number of fused-ring (bicyclic) bond motifs is 1. The molecule has 0 bridgehead atoms. The van der Waals surface area contributed by atoms with Crippen molar-refractivity contribution in [2.75, 3.05) is 13.2 Å². The van der Waals surface area contributed by atoms with Crippen LogP contribution < -0.4 is 5.32 Å². The molecule has 2 nitrogen and oxygen atoms in total. The van der Waals surface area contributed by atoms with Crippen LogP contribution in [0.2, 0.25) is 0 Å². The fraction of sp³-hybridized carbons (Fsp3) is 0.368. The van der Waals surface area contributed by atoms with E-state index in [1.807, 2.05) is 6.26 Å². The summed E-state index contributed by atoms with van der Waals surface area (Å²) in [7, 11) is 0. The summed E-state index contributed by atoms with van der Waals surface area (Å²) in [5.74, 6) is 0. The van der Waals surface area contributed by atoms with Crippen molar-refractivity contribution >= 4 is 10.8 Å². The van der Waals surface area contributed by atoms with Gasteiger partial charge in [0.15, 0.2) is 0 Å². The average Bonchev–Trinajstić information content (AvgIpc) is 2.55. The van der Waals surface area contributed by atoms with Crippen molar-refractivity contribution in [2.24, 2.45) is 0 Å². The van der Waals surface area contributed by atoms with Crippen molar-refractivity contribution in [1.82, 2.24) is 5.32 Å². The summed E-state index contributed by atoms with van der Waals surface area (Å²) in [5, 5.41) is 6.30. The molecule has 0 amide bonds. The molecule has 0 spiro atoms. The van der Waals surface area contributed by atoms with Crippen LogP contribution in [0.5, 0.6) is 0 Å². The number of rotatable bonds is 5. The lowest BCUT2D eigenvalue weighted by Crippen LogP contribution is -2.34. The first-order valence-corrected chi connectivity index (χ1v) is 7.89. The molecule has 1 N–H and O–H groups in total. The van der Waals surface area contributed by atoms with E-state index in [1.165, 1.54) is 21.9 Å². The highest BCUT2D eigenvalue weighted by Crippen LogP contribution is 2.24. The van der Waals surface area contributed by atoms with E-state index in [1.54, 1.807) is 0 Å². The minimum absolute atomic E-state index is 0.376. The average molecular weight is 281 g/mol. The molecule has 1 aliphatic rings. The maximum Gasteiger partial charge on any atom is 0.0876 e. The van der Waals surface area contributed by atoms with Crippen LogP contribution in [0.1, 0.15) is 25.3 Å². The zero-order valence-electron chi connectivity index (χ0n) is 12.6. The van der Waals surface area contributed by atoms with Gasteiger partial charge in [0.1, 0.15) is 0 Å². The second-order valence-electron chi connectivity index (χ2n) is 5.62. The first kappa shape index (κ1) is 14.2. The molecular formula is C19H23NO. The quantitative estimate of drug-likeness (QED) is 0.892. The molecule has 2 aromatic carbocycles. The number of hydrogen-bond donors (Lipinski definition) is 1. The Bertz CT molecular complexity index is 627. The van der Waals surface area contributed by atoms with Crippen molar-refractivity contribution < 1.29 is 4.74 Å². The molecule has 0 aliphatic carbocycles. The van der Waals surface area contributed by atoms with E-state index in [0.29, 0.717) is 6.04 Å². The zero-order chi connectivity index (χ0) is 14.5. The van der Waals surface area contributed by atoms with Gasteiger partial charge in [0.25, 0.3) is 0 Å². The van der Waals surface area contributed by atoms with E-state index >= 15 is 0 Å². The maximum atomic E-state index is 5.53. The van der Waals surface area contributed by atoms with E-state index in [-0.39, 0.29) is 0 Å². The number of benzene rings is 2. The third-order valence-corrected chi connectivity index (χ3v) is 4.16. The second-order valence-corrected chi connectivity index (χ2v) is 5.62. The minimum atomic E-state index is 0.376. The summed E-state index contributed by atoms with van der Waals surface area (Å²) < 4.78 is 5.53. The van der Waals surface area contributed by atoms with Gasteiger partial charge in [-0.15, -0.1) is 0 Å². The van der Waals surface area contributed by atoms with Gasteiger partial charge >= 0.3 is 0 Å². The molecule has 3 rings (SSSR count). The third-order valence-electron chi connectivity index (χ3n) is 4.16. The Morgan fingerprint density at radius 2 is 2.00 bits per heavy atom. The van der Waals surface area contributed by atoms with E-state index in [9.17, 15) is 0 Å². The molecule has 0 radical (unpaired) electrons. The van der Waals surface area contributed by atoms with Crippen molar-refractivity contribution in [3.05, 3.63) is 59.9 Å². The fourth-order valence-electron chi connectivity index (χ4n) is 3.11. The van der Waals surface area contributed by atoms with Crippen molar-refractivity contribution in [2.45, 2.75) is 32.2 Å². The van der Waals surface area contributed by atoms with Crippen LogP contribution in [0, 0.1) is 0 Å². The molecule has 2 aromatic rings. The summed E-state index contributed by atoms with van der Waals surface area (Å²) in [6.07, 6.45) is 5.26. The van der Waals surface area contributed by atoms with Crippen LogP contribution in [0.3, 0.4) is 0 Å². The summed E-state index contributed by atoms with van der Waals surface area (Å²) in [6, 6.07) is 15.6. The highest BCUT2D eigenvalue weighted by atomic mass is 16.5. The number of ether oxygens (including phenoxy) is 1. The Morgan fingerprint density at radius 1 is 1.14 bits per heavy atom. The van der Waals surface area contributed by atoms with Crippen LogP contribution in [0.25, 0.3) is 10.8 Å². The Balaban J connectivity index is 1.89. The van der Waals surface area contributed by atoms with Gasteiger partial charge in [0.05, 0.1) is 12.9 Å². The molecule has 0 aromatic heterocycles. The fourth-order valence-corrected chi connectivity index (χ4v) is 3.11. The number of likely N-dealkylation sites (N-methyl/N-ethyl adjacent to an activating group) is 1. The normalized spacial score (nSPS) is 16.3. The molecule has 1 aliphatic heterocycles. The highest BCUT2D eigenvalue weighted by molar-refractivity contribution is 5.85. The van der Waals surface area contributed by atoms with Crippen molar-refractivity contribution in [3.8, 4) is 0 Å². The van der Waals surface area contributed by atoms with Crippen LogP contribution in [0.4, 0.5) is 0 Å². The van der Waals surface area contributed by atoms with Gasteiger partial charge in [-0.1, -0.05) is 49.4 Å². The number of hydrogen-bond acceptors (Lipinski definition) is 2. The Labute approximate surface area is 126 Å². The molecular weight excluding hydrogens is 258 g/mol. The minimum Gasteiger partial charge on any atom is -0.501 e. The highest BCUT2D eigenvalue weighted by Gasteiger charge is 2.17. The van der Waals surface area contributed by atoms with Gasteiger partial charge in [0, 0.05) is 6.04 Å². The lowest BCUT2D eigenvalue weighted by molar-refractivity contribution is 0.219. The smallest absolute Gasteiger partial charge is 0.0876 e. The van der Waals surface area contributed by atoms with E-state index in [0.717, 1.165) is 32.4 Å². The summed E-state index contributed by atoms with van der Waals surface area (Å²) >= 11 is 0. The SMILES string of the molecule is CCNC(Cc1cccc2ccccc12)C1=COCCC1. The Kier molecular flexibility index (Phi) is 4.56. The van der Waals surface area contributed by atoms with Gasteiger partial charge in [-0.3, -0.25) is 0 Å². The Hall–Kier alpha value is -1.80. The van der Waals surface area contributed by atoms with Gasteiger partial charge in [-0.25, -0.2) is 0 Å². The van der Waals surface area contributed by atoms with Gasteiger partial charge in [-0.2, -0.15) is 0 Å². The van der Waals surface area contributed by atoms with Crippen LogP contribution in [-0.2, 0) is 11.2 Å². The molecule has 1 heterocycles. The molecule has 1 unspecified atom stereocenters. The molecule has 21 heavy (non-hydrogen) atoms. The second kappa shape index (κ2) is 6.77. The lowest BCUT2D eigenvalue weighted by Gasteiger charge is -2.24. The summed E-state index contributed by atoms with van der Waals surface area (Å²) in [5.41, 5.74) is 2.81. The van der Waals surface area contributed by atoms with Crippen molar-refractivity contribution in [3.63, 3.8) is 0 Å². The summed E-state index contributed by atoms with van der Waals surface area (Å²) in [6.45, 7) is 4.00. The van der Waals surface area contributed by atoms with Crippen LogP contribution in [-0.4, -0.2) is 19.2 Å². The third kappa shape index (κ3) is 3.27. The molecule has 0 saturated carbocycles. The van der Waals surface area contributed by atoms with E-state index < -0.39 is 0 Å². The van der Waals surface area contributed by atoms with E-state index in [2.05, 4.69) is 54.7 Å². The predicted octanol–water partition coefficient (Wildman–Crippen LogP) is 4.05.